The molecule has 0 aliphatic heterocycles. The van der Waals surface area contributed by atoms with Crippen LogP contribution < -0.4 is 5.73 Å². The summed E-state index contributed by atoms with van der Waals surface area (Å²) in [6, 6.07) is 0. The average molecular weight is 390 g/mol. The van der Waals surface area contributed by atoms with Gasteiger partial charge in [-0.3, -0.25) is 4.79 Å². The average Bonchev–Trinajstić information content (AvgIpc) is 3.02. The third kappa shape index (κ3) is 3.55. The fourth-order valence-electron chi connectivity index (χ4n) is 8.62. The fourth-order valence-corrected chi connectivity index (χ4v) is 8.62. The molecule has 0 heterocycles. The van der Waals surface area contributed by atoms with Gasteiger partial charge in [-0.25, -0.2) is 0 Å². The van der Waals surface area contributed by atoms with Gasteiger partial charge in [0.05, 0.1) is 0 Å². The van der Waals surface area contributed by atoms with Gasteiger partial charge in [-0.05, 0) is 105 Å². The van der Waals surface area contributed by atoms with E-state index in [1.54, 1.807) is 0 Å². The zero-order valence-electron chi connectivity index (χ0n) is 18.4. The zero-order chi connectivity index (χ0) is 19.8. The van der Waals surface area contributed by atoms with Crippen LogP contribution in [0.3, 0.4) is 0 Å². The first-order valence-corrected chi connectivity index (χ1v) is 12.3. The Morgan fingerprint density at radius 1 is 0.964 bits per heavy atom. The van der Waals surface area contributed by atoms with Gasteiger partial charge in [-0.2, -0.15) is 0 Å². The molecule has 0 spiro atoms. The van der Waals surface area contributed by atoms with Gasteiger partial charge in [0.15, 0.2) is 0 Å². The number of hydrogen-bond donors (Lipinski definition) is 1. The van der Waals surface area contributed by atoms with E-state index in [1.165, 1.54) is 70.6 Å². The number of nitrogens with two attached hydrogens (primary N) is 1. The van der Waals surface area contributed by atoms with E-state index in [0.29, 0.717) is 30.4 Å². The molecule has 28 heavy (non-hydrogen) atoms. The predicted octanol–water partition coefficient (Wildman–Crippen LogP) is 5.71. The number of rotatable bonds is 6. The molecule has 0 saturated heterocycles. The molecule has 4 aliphatic rings. The van der Waals surface area contributed by atoms with Crippen molar-refractivity contribution in [1.29, 1.82) is 0 Å². The van der Waals surface area contributed by atoms with Gasteiger partial charge in [0, 0.05) is 13.0 Å². The van der Waals surface area contributed by atoms with E-state index < -0.39 is 0 Å². The van der Waals surface area contributed by atoms with Gasteiger partial charge in [0.2, 0.25) is 0 Å². The summed E-state index contributed by atoms with van der Waals surface area (Å²) >= 11 is 0. The SMILES string of the molecule is C[C@]12CCC3[C@@H](CC[C@@H]4CCCC[C@]34C)C1CCC2CCCC(=O)OCCN. The molecule has 3 heteroatoms. The van der Waals surface area contributed by atoms with E-state index in [2.05, 4.69) is 13.8 Å². The summed E-state index contributed by atoms with van der Waals surface area (Å²) in [4.78, 5) is 11.8. The number of carbonyl (C=O) groups is 1. The molecule has 4 rings (SSSR count). The molecular weight excluding hydrogens is 346 g/mol. The minimum Gasteiger partial charge on any atom is -0.464 e. The molecule has 3 unspecified atom stereocenters. The molecule has 4 aliphatic carbocycles. The Morgan fingerprint density at radius 3 is 2.61 bits per heavy atom. The standard InChI is InChI=1S/C25H43NO2/c1-24-14-4-3-6-18(24)9-11-20-21-12-10-19(25(21,2)15-13-22(20)24)7-5-8-23(27)28-17-16-26/h18-22H,3-17,26H2,1-2H3/t18-,19?,20-,21?,22?,24-,25+/m0/s1. The summed E-state index contributed by atoms with van der Waals surface area (Å²) in [5.74, 6) is 4.70. The largest absolute Gasteiger partial charge is 0.464 e. The Labute approximate surface area is 172 Å². The zero-order valence-corrected chi connectivity index (χ0v) is 18.4. The maximum absolute atomic E-state index is 11.8. The Bertz CT molecular complexity index is 563. The lowest BCUT2D eigenvalue weighted by Gasteiger charge is -2.60. The van der Waals surface area contributed by atoms with E-state index in [9.17, 15) is 4.79 Å². The lowest BCUT2D eigenvalue weighted by atomic mass is 9.45. The van der Waals surface area contributed by atoms with Gasteiger partial charge in [-0.1, -0.05) is 26.7 Å². The van der Waals surface area contributed by atoms with Crippen LogP contribution in [0.4, 0.5) is 0 Å². The molecule has 0 aromatic heterocycles. The van der Waals surface area contributed by atoms with Crippen LogP contribution in [0.15, 0.2) is 0 Å². The van der Waals surface area contributed by atoms with E-state index in [1.807, 2.05) is 0 Å². The van der Waals surface area contributed by atoms with Crippen molar-refractivity contribution in [1.82, 2.24) is 0 Å². The van der Waals surface area contributed by atoms with E-state index in [0.717, 1.165) is 36.0 Å². The smallest absolute Gasteiger partial charge is 0.305 e. The van der Waals surface area contributed by atoms with E-state index >= 15 is 0 Å². The van der Waals surface area contributed by atoms with Crippen LogP contribution in [-0.2, 0) is 9.53 Å². The third-order valence-corrected chi connectivity index (χ3v) is 10.1. The molecule has 0 radical (unpaired) electrons. The van der Waals surface area contributed by atoms with E-state index in [-0.39, 0.29) is 5.97 Å². The van der Waals surface area contributed by atoms with Crippen LogP contribution in [-0.4, -0.2) is 19.1 Å². The van der Waals surface area contributed by atoms with Gasteiger partial charge < -0.3 is 10.5 Å². The van der Waals surface area contributed by atoms with Gasteiger partial charge in [0.25, 0.3) is 0 Å². The van der Waals surface area contributed by atoms with Crippen molar-refractivity contribution < 1.29 is 9.53 Å². The highest BCUT2D eigenvalue weighted by atomic mass is 16.5. The second-order valence-corrected chi connectivity index (χ2v) is 11.1. The Hall–Kier alpha value is -0.570. The maximum atomic E-state index is 11.8. The molecule has 0 bridgehead atoms. The molecule has 3 nitrogen and oxygen atoms in total. The summed E-state index contributed by atoms with van der Waals surface area (Å²) in [7, 11) is 0. The molecule has 160 valence electrons. The van der Waals surface area contributed by atoms with Crippen LogP contribution in [0.2, 0.25) is 0 Å². The predicted molar refractivity (Wildman–Crippen MR) is 114 cm³/mol. The maximum Gasteiger partial charge on any atom is 0.305 e. The second kappa shape index (κ2) is 8.28. The van der Waals surface area contributed by atoms with Crippen molar-refractivity contribution >= 4 is 5.97 Å². The van der Waals surface area contributed by atoms with Crippen LogP contribution in [0.1, 0.15) is 97.3 Å². The fraction of sp³-hybridized carbons (Fsp3) is 0.960. The van der Waals surface area contributed by atoms with E-state index in [4.69, 9.17) is 10.5 Å². The Kier molecular flexibility index (Phi) is 6.12. The highest BCUT2D eigenvalue weighted by Crippen LogP contribution is 2.67. The summed E-state index contributed by atoms with van der Waals surface area (Å²) in [6.07, 6.45) is 17.5. The lowest BCUT2D eigenvalue weighted by molar-refractivity contribution is -0.143. The summed E-state index contributed by atoms with van der Waals surface area (Å²) in [5, 5.41) is 0. The molecule has 4 fully saturated rings. The third-order valence-electron chi connectivity index (χ3n) is 10.1. The Morgan fingerprint density at radius 2 is 1.79 bits per heavy atom. The highest BCUT2D eigenvalue weighted by molar-refractivity contribution is 5.69. The molecule has 0 aromatic rings. The Balaban J connectivity index is 1.37. The van der Waals surface area contributed by atoms with Gasteiger partial charge >= 0.3 is 5.97 Å². The second-order valence-electron chi connectivity index (χ2n) is 11.1. The van der Waals surface area contributed by atoms with Crippen molar-refractivity contribution in [2.45, 2.75) is 97.3 Å². The van der Waals surface area contributed by atoms with Crippen LogP contribution >= 0.6 is 0 Å². The molecule has 0 amide bonds. The number of ether oxygens (including phenoxy) is 1. The van der Waals surface area contributed by atoms with Crippen LogP contribution in [0, 0.1) is 40.4 Å². The van der Waals surface area contributed by atoms with Crippen molar-refractivity contribution in [2.75, 3.05) is 13.2 Å². The number of fused-ring (bicyclic) bond motifs is 5. The highest BCUT2D eigenvalue weighted by Gasteiger charge is 2.59. The summed E-state index contributed by atoms with van der Waals surface area (Å²) < 4.78 is 5.16. The summed E-state index contributed by atoms with van der Waals surface area (Å²) in [6.45, 7) is 6.09. The molecule has 7 atom stereocenters. The van der Waals surface area contributed by atoms with Crippen LogP contribution in [0.25, 0.3) is 0 Å². The topological polar surface area (TPSA) is 52.3 Å². The van der Waals surface area contributed by atoms with Crippen LogP contribution in [0.5, 0.6) is 0 Å². The minimum atomic E-state index is -0.0580. The quantitative estimate of drug-likeness (QED) is 0.592. The van der Waals surface area contributed by atoms with Crippen molar-refractivity contribution in [2.24, 2.45) is 46.2 Å². The van der Waals surface area contributed by atoms with Crippen molar-refractivity contribution in [3.05, 3.63) is 0 Å². The number of hydrogen-bond acceptors (Lipinski definition) is 3. The minimum absolute atomic E-state index is 0.0580. The lowest BCUT2D eigenvalue weighted by Crippen LogP contribution is -2.52. The molecule has 0 aromatic carbocycles. The molecule has 4 saturated carbocycles. The van der Waals surface area contributed by atoms with Crippen molar-refractivity contribution in [3.8, 4) is 0 Å². The normalized spacial score (nSPS) is 45.0. The van der Waals surface area contributed by atoms with Crippen molar-refractivity contribution in [3.63, 3.8) is 0 Å². The molecular formula is C25H43NO2. The monoisotopic (exact) mass is 389 g/mol. The van der Waals surface area contributed by atoms with Gasteiger partial charge in [-0.15, -0.1) is 0 Å². The summed E-state index contributed by atoms with van der Waals surface area (Å²) in [5.41, 5.74) is 6.60. The first kappa shape index (κ1) is 20.7. The first-order valence-electron chi connectivity index (χ1n) is 12.3. The molecule has 2 N–H and O–H groups in total. The first-order chi connectivity index (χ1) is 13.5. The number of esters is 1. The van der Waals surface area contributed by atoms with Gasteiger partial charge in [0.1, 0.15) is 6.61 Å². The number of carbonyl (C=O) groups excluding carboxylic acids is 1.